The number of nitrogens with zero attached hydrogens (tertiary/aromatic N) is 3. The third-order valence-electron chi connectivity index (χ3n) is 9.18. The predicted molar refractivity (Wildman–Crippen MR) is 142 cm³/mol. The van der Waals surface area contributed by atoms with Crippen molar-refractivity contribution in [3.05, 3.63) is 58.2 Å². The molecule has 0 bridgehead atoms. The fourth-order valence-electron chi connectivity index (χ4n) is 6.79. The summed E-state index contributed by atoms with van der Waals surface area (Å²) in [5, 5.41) is 2.28. The van der Waals surface area contributed by atoms with Gasteiger partial charge in [-0.2, -0.15) is 13.2 Å². The fourth-order valence-corrected chi connectivity index (χ4v) is 6.79. The Morgan fingerprint density at radius 1 is 1.07 bits per heavy atom. The van der Waals surface area contributed by atoms with Crippen molar-refractivity contribution in [1.29, 1.82) is 0 Å². The Kier molecular flexibility index (Phi) is 7.44. The van der Waals surface area contributed by atoms with Gasteiger partial charge in [0.1, 0.15) is 23.3 Å². The molecule has 1 aromatic heterocycles. The SMILES string of the molecule is O=C1CCC(N2Cc3c(CCCCCN4CCC5(CC4)COc4cnc(C(F)(F)F)cc45)cc(F)cc3C2=O)C(=O)N1. The van der Waals surface area contributed by atoms with E-state index in [1.54, 1.807) is 0 Å². The summed E-state index contributed by atoms with van der Waals surface area (Å²) in [6, 6.07) is 3.10. The number of aryl methyl sites for hydroxylation is 1. The summed E-state index contributed by atoms with van der Waals surface area (Å²) in [6.45, 7) is 2.99. The van der Waals surface area contributed by atoms with E-state index >= 15 is 0 Å². The van der Waals surface area contributed by atoms with Crippen LogP contribution in [0.1, 0.15) is 77.7 Å². The van der Waals surface area contributed by atoms with Gasteiger partial charge < -0.3 is 14.5 Å². The van der Waals surface area contributed by atoms with Crippen molar-refractivity contribution in [2.24, 2.45) is 0 Å². The highest BCUT2D eigenvalue weighted by atomic mass is 19.4. The van der Waals surface area contributed by atoms with Crippen molar-refractivity contribution in [1.82, 2.24) is 20.1 Å². The molecule has 8 nitrogen and oxygen atoms in total. The average Bonchev–Trinajstić information content (AvgIpc) is 3.46. The van der Waals surface area contributed by atoms with E-state index in [9.17, 15) is 31.9 Å². The number of pyridine rings is 1. The minimum Gasteiger partial charge on any atom is -0.491 e. The fraction of sp³-hybridized carbons (Fsp3) is 0.533. The normalized spacial score (nSPS) is 21.9. The standard InChI is InChI=1S/C30H32F4N4O4/c31-19-12-18(21-16-38(28(41)20(21)13-19)23-5-6-26(39)36-27(23)40)4-2-1-3-9-37-10-7-29(8-11-37)17-42-24-15-35-25(14-22(24)29)30(32,33)34/h12-15,23H,1-11,16-17H2,(H,36,39,40). The first-order valence-electron chi connectivity index (χ1n) is 14.4. The number of unbranched alkanes of at least 4 members (excludes halogenated alkanes) is 2. The van der Waals surface area contributed by atoms with E-state index in [2.05, 4.69) is 15.2 Å². The largest absolute Gasteiger partial charge is 0.491 e. The number of fused-ring (bicyclic) bond motifs is 3. The molecule has 2 fully saturated rings. The monoisotopic (exact) mass is 588 g/mol. The highest BCUT2D eigenvalue weighted by Gasteiger charge is 2.45. The maximum atomic E-state index is 14.4. The van der Waals surface area contributed by atoms with E-state index in [4.69, 9.17) is 4.74 Å². The number of likely N-dealkylation sites (tertiary alicyclic amines) is 1. The maximum absolute atomic E-state index is 14.4. The van der Waals surface area contributed by atoms with Crippen LogP contribution in [0.5, 0.6) is 5.75 Å². The second kappa shape index (κ2) is 10.9. The number of hydrogen-bond donors (Lipinski definition) is 1. The number of imide groups is 1. The molecule has 1 spiro atoms. The molecular weight excluding hydrogens is 556 g/mol. The molecule has 1 aromatic carbocycles. The van der Waals surface area contributed by atoms with Gasteiger partial charge in [0.25, 0.3) is 5.91 Å². The Morgan fingerprint density at radius 3 is 2.60 bits per heavy atom. The Morgan fingerprint density at radius 2 is 1.86 bits per heavy atom. The van der Waals surface area contributed by atoms with E-state index in [0.717, 1.165) is 56.1 Å². The molecule has 5 heterocycles. The van der Waals surface area contributed by atoms with Crippen LogP contribution in [0.25, 0.3) is 0 Å². The minimum absolute atomic E-state index is 0.160. The van der Waals surface area contributed by atoms with Crippen molar-refractivity contribution < 1.29 is 36.7 Å². The zero-order valence-corrected chi connectivity index (χ0v) is 23.1. The van der Waals surface area contributed by atoms with Gasteiger partial charge in [-0.25, -0.2) is 9.37 Å². The third-order valence-corrected chi connectivity index (χ3v) is 9.18. The highest BCUT2D eigenvalue weighted by Crippen LogP contribution is 2.46. The lowest BCUT2D eigenvalue weighted by Gasteiger charge is -2.38. The number of carbonyl (C=O) groups excluding carboxylic acids is 3. The van der Waals surface area contributed by atoms with Crippen LogP contribution in [0.3, 0.4) is 0 Å². The number of amides is 3. The van der Waals surface area contributed by atoms with Gasteiger partial charge in [-0.3, -0.25) is 19.7 Å². The molecule has 4 aliphatic rings. The number of carbonyl (C=O) groups is 3. The first kappa shape index (κ1) is 28.6. The van der Waals surface area contributed by atoms with Crippen LogP contribution in [0.2, 0.25) is 0 Å². The zero-order valence-electron chi connectivity index (χ0n) is 23.1. The molecule has 6 rings (SSSR count). The molecule has 0 aliphatic carbocycles. The van der Waals surface area contributed by atoms with Gasteiger partial charge in [0.15, 0.2) is 0 Å². The minimum atomic E-state index is -4.49. The van der Waals surface area contributed by atoms with Crippen LogP contribution < -0.4 is 10.1 Å². The van der Waals surface area contributed by atoms with Crippen molar-refractivity contribution in [2.75, 3.05) is 26.2 Å². The Hall–Kier alpha value is -3.54. The molecule has 4 aliphatic heterocycles. The second-order valence-electron chi connectivity index (χ2n) is 11.8. The molecule has 12 heteroatoms. The molecule has 2 saturated heterocycles. The number of nitrogens with one attached hydrogen (secondary N) is 1. The summed E-state index contributed by atoms with van der Waals surface area (Å²) < 4.78 is 59.9. The highest BCUT2D eigenvalue weighted by molar-refractivity contribution is 6.05. The van der Waals surface area contributed by atoms with Crippen molar-refractivity contribution in [2.45, 2.75) is 75.5 Å². The molecule has 3 amide bonds. The number of alkyl halides is 3. The summed E-state index contributed by atoms with van der Waals surface area (Å²) in [5.74, 6) is -1.27. The van der Waals surface area contributed by atoms with Gasteiger partial charge in [-0.05, 0) is 87.5 Å². The van der Waals surface area contributed by atoms with Gasteiger partial charge in [0.2, 0.25) is 11.8 Å². The number of benzene rings is 1. The van der Waals surface area contributed by atoms with E-state index in [1.165, 1.54) is 23.2 Å². The van der Waals surface area contributed by atoms with Crippen LogP contribution in [0.15, 0.2) is 24.4 Å². The predicted octanol–water partition coefficient (Wildman–Crippen LogP) is 4.14. The van der Waals surface area contributed by atoms with Crippen LogP contribution >= 0.6 is 0 Å². The molecule has 2 aromatic rings. The van der Waals surface area contributed by atoms with E-state index in [1.807, 2.05) is 0 Å². The molecular formula is C30H32F4N4O4. The number of piperidine rings is 2. The van der Waals surface area contributed by atoms with E-state index < -0.39 is 35.1 Å². The Labute approximate surface area is 240 Å². The van der Waals surface area contributed by atoms with Crippen molar-refractivity contribution in [3.8, 4) is 5.75 Å². The molecule has 224 valence electrons. The Balaban J connectivity index is 0.997. The summed E-state index contributed by atoms with van der Waals surface area (Å²) >= 11 is 0. The lowest BCUT2D eigenvalue weighted by Crippen LogP contribution is -2.52. The number of halogens is 4. The smallest absolute Gasteiger partial charge is 0.433 e. The van der Waals surface area contributed by atoms with E-state index in [-0.39, 0.29) is 36.8 Å². The van der Waals surface area contributed by atoms with Crippen LogP contribution in [0, 0.1) is 5.82 Å². The summed E-state index contributed by atoms with van der Waals surface area (Å²) in [4.78, 5) is 44.2. The van der Waals surface area contributed by atoms with Crippen molar-refractivity contribution >= 4 is 17.7 Å². The van der Waals surface area contributed by atoms with Crippen LogP contribution in [0.4, 0.5) is 17.6 Å². The molecule has 1 N–H and O–H groups in total. The lowest BCUT2D eigenvalue weighted by atomic mass is 9.74. The first-order chi connectivity index (χ1) is 20.0. The molecule has 1 atom stereocenters. The molecule has 0 saturated carbocycles. The third kappa shape index (κ3) is 5.36. The number of rotatable bonds is 7. The summed E-state index contributed by atoms with van der Waals surface area (Å²) in [6.07, 6.45) is 1.76. The van der Waals surface area contributed by atoms with Gasteiger partial charge in [0.05, 0.1) is 12.8 Å². The average molecular weight is 589 g/mol. The van der Waals surface area contributed by atoms with Crippen LogP contribution in [-0.2, 0) is 34.1 Å². The van der Waals surface area contributed by atoms with Gasteiger partial charge in [-0.1, -0.05) is 6.42 Å². The van der Waals surface area contributed by atoms with Gasteiger partial charge in [0, 0.05) is 29.5 Å². The number of hydrogen-bond acceptors (Lipinski definition) is 6. The van der Waals surface area contributed by atoms with E-state index in [0.29, 0.717) is 37.2 Å². The number of ether oxygens (including phenoxy) is 1. The van der Waals surface area contributed by atoms with Crippen LogP contribution in [-0.4, -0.2) is 64.8 Å². The summed E-state index contributed by atoms with van der Waals surface area (Å²) in [7, 11) is 0. The van der Waals surface area contributed by atoms with Gasteiger partial charge >= 0.3 is 6.18 Å². The molecule has 1 unspecified atom stereocenters. The molecule has 42 heavy (non-hydrogen) atoms. The topological polar surface area (TPSA) is 91.8 Å². The quantitative estimate of drug-likeness (QED) is 0.297. The maximum Gasteiger partial charge on any atom is 0.433 e. The molecule has 0 radical (unpaired) electrons. The number of aromatic nitrogens is 1. The van der Waals surface area contributed by atoms with Crippen molar-refractivity contribution in [3.63, 3.8) is 0 Å². The summed E-state index contributed by atoms with van der Waals surface area (Å²) in [5.41, 5.74) is 1.11. The first-order valence-corrected chi connectivity index (χ1v) is 14.4. The van der Waals surface area contributed by atoms with Gasteiger partial charge in [-0.15, -0.1) is 0 Å². The zero-order chi connectivity index (χ0) is 29.6. The lowest BCUT2D eigenvalue weighted by molar-refractivity contribution is -0.141. The Bertz CT molecular complexity index is 1420. The second-order valence-corrected chi connectivity index (χ2v) is 11.8.